The molecule has 0 saturated heterocycles. The molecule has 6 nitrogen and oxygen atoms in total. The first-order valence-electron chi connectivity index (χ1n) is 6.54. The molecule has 1 amide bonds. The summed E-state index contributed by atoms with van der Waals surface area (Å²) in [6, 6.07) is 0.472. The normalized spacial score (nSPS) is 22.1. The number of imidazole rings is 1. The molecule has 1 heterocycles. The van der Waals surface area contributed by atoms with Crippen molar-refractivity contribution in [1.82, 2.24) is 20.2 Å². The van der Waals surface area contributed by atoms with Crippen LogP contribution in [0, 0.1) is 0 Å². The molecule has 0 radical (unpaired) electrons. The van der Waals surface area contributed by atoms with Crippen molar-refractivity contribution in [3.05, 3.63) is 18.2 Å². The third-order valence-corrected chi connectivity index (χ3v) is 2.94. The van der Waals surface area contributed by atoms with Gasteiger partial charge in [0.15, 0.2) is 0 Å². The van der Waals surface area contributed by atoms with Gasteiger partial charge in [-0.25, -0.2) is 9.78 Å². The van der Waals surface area contributed by atoms with Crippen molar-refractivity contribution in [3.63, 3.8) is 0 Å². The summed E-state index contributed by atoms with van der Waals surface area (Å²) in [7, 11) is 1.97. The number of nitrogens with one attached hydrogen (secondary N) is 2. The smallest absolute Gasteiger partial charge is 0.407 e. The molecular formula is C13H22N4O2. The van der Waals surface area contributed by atoms with E-state index < -0.39 is 5.60 Å². The van der Waals surface area contributed by atoms with Crippen LogP contribution >= 0.6 is 0 Å². The maximum atomic E-state index is 11.6. The number of ether oxygens (including phenoxy) is 1. The first kappa shape index (κ1) is 13.9. The number of aromatic nitrogens is 2. The van der Waals surface area contributed by atoms with Crippen molar-refractivity contribution in [1.29, 1.82) is 0 Å². The molecule has 106 valence electrons. The SMILES string of the molecule is Cn1ccnc1CNC1CC1NC(=O)OC(C)(C)C. The van der Waals surface area contributed by atoms with E-state index in [4.69, 9.17) is 4.74 Å². The lowest BCUT2D eigenvalue weighted by Crippen LogP contribution is -2.36. The van der Waals surface area contributed by atoms with Gasteiger partial charge in [0.25, 0.3) is 0 Å². The lowest BCUT2D eigenvalue weighted by Gasteiger charge is -2.19. The Hall–Kier alpha value is -1.56. The van der Waals surface area contributed by atoms with Gasteiger partial charge in [-0.3, -0.25) is 0 Å². The van der Waals surface area contributed by atoms with Crippen LogP contribution in [0.15, 0.2) is 12.4 Å². The van der Waals surface area contributed by atoms with Crippen molar-refractivity contribution < 1.29 is 9.53 Å². The Labute approximate surface area is 113 Å². The summed E-state index contributed by atoms with van der Waals surface area (Å²) in [5, 5.41) is 6.22. The first-order valence-corrected chi connectivity index (χ1v) is 6.54. The highest BCUT2D eigenvalue weighted by atomic mass is 16.6. The number of rotatable bonds is 4. The molecular weight excluding hydrogens is 244 g/mol. The van der Waals surface area contributed by atoms with Crippen molar-refractivity contribution in [2.24, 2.45) is 7.05 Å². The van der Waals surface area contributed by atoms with Crippen LogP contribution in [-0.2, 0) is 18.3 Å². The number of nitrogens with zero attached hydrogens (tertiary/aromatic N) is 2. The van der Waals surface area contributed by atoms with Gasteiger partial charge in [-0.2, -0.15) is 0 Å². The maximum absolute atomic E-state index is 11.6. The fraction of sp³-hybridized carbons (Fsp3) is 0.692. The zero-order valence-electron chi connectivity index (χ0n) is 11.9. The first-order chi connectivity index (χ1) is 8.85. The minimum atomic E-state index is -0.450. The number of carbonyl (C=O) groups excluding carboxylic acids is 1. The van der Waals surface area contributed by atoms with Gasteiger partial charge in [-0.15, -0.1) is 0 Å². The van der Waals surface area contributed by atoms with Gasteiger partial charge in [0, 0.05) is 31.5 Å². The quantitative estimate of drug-likeness (QED) is 0.858. The van der Waals surface area contributed by atoms with Gasteiger partial charge in [0.05, 0.1) is 6.54 Å². The number of amides is 1. The van der Waals surface area contributed by atoms with Crippen LogP contribution in [0.5, 0.6) is 0 Å². The van der Waals surface area contributed by atoms with Crippen LogP contribution in [0.1, 0.15) is 33.0 Å². The lowest BCUT2D eigenvalue weighted by molar-refractivity contribution is 0.0522. The second-order valence-electron chi connectivity index (χ2n) is 5.93. The zero-order valence-corrected chi connectivity index (χ0v) is 11.9. The molecule has 1 saturated carbocycles. The predicted molar refractivity (Wildman–Crippen MR) is 71.6 cm³/mol. The molecule has 1 aromatic heterocycles. The van der Waals surface area contributed by atoms with Gasteiger partial charge in [0.1, 0.15) is 11.4 Å². The summed E-state index contributed by atoms with van der Waals surface area (Å²) in [6.07, 6.45) is 4.28. The second kappa shape index (κ2) is 5.21. The Kier molecular flexibility index (Phi) is 3.80. The standard InChI is InChI=1S/C13H22N4O2/c1-13(2,3)19-12(18)16-10-7-9(10)15-8-11-14-5-6-17(11)4/h5-6,9-10,15H,7-8H2,1-4H3,(H,16,18). The molecule has 19 heavy (non-hydrogen) atoms. The summed E-state index contributed by atoms with van der Waals surface area (Å²) >= 11 is 0. The Balaban J connectivity index is 1.68. The predicted octanol–water partition coefficient (Wildman–Crippen LogP) is 1.18. The van der Waals surface area contributed by atoms with Crippen molar-refractivity contribution >= 4 is 6.09 Å². The van der Waals surface area contributed by atoms with Crippen LogP contribution in [0.4, 0.5) is 4.79 Å². The summed E-state index contributed by atoms with van der Waals surface area (Å²) in [5.41, 5.74) is -0.450. The summed E-state index contributed by atoms with van der Waals surface area (Å²) in [6.45, 7) is 6.28. The van der Waals surface area contributed by atoms with Crippen molar-refractivity contribution in [2.45, 2.75) is 51.4 Å². The van der Waals surface area contributed by atoms with E-state index in [1.165, 1.54) is 0 Å². The van der Waals surface area contributed by atoms with Crippen LogP contribution in [0.2, 0.25) is 0 Å². The minimum Gasteiger partial charge on any atom is -0.444 e. The number of alkyl carbamates (subject to hydrolysis) is 1. The highest BCUT2D eigenvalue weighted by Gasteiger charge is 2.39. The van der Waals surface area contributed by atoms with Gasteiger partial charge < -0.3 is 19.9 Å². The van der Waals surface area contributed by atoms with Gasteiger partial charge in [0.2, 0.25) is 0 Å². The number of hydrogen-bond donors (Lipinski definition) is 2. The topological polar surface area (TPSA) is 68.2 Å². The Morgan fingerprint density at radius 3 is 2.84 bits per heavy atom. The lowest BCUT2D eigenvalue weighted by atomic mass is 10.2. The van der Waals surface area contributed by atoms with Crippen LogP contribution in [0.3, 0.4) is 0 Å². The highest BCUT2D eigenvalue weighted by Crippen LogP contribution is 2.22. The van der Waals surface area contributed by atoms with E-state index >= 15 is 0 Å². The molecule has 0 spiro atoms. The third kappa shape index (κ3) is 4.24. The van der Waals surface area contributed by atoms with E-state index in [1.54, 1.807) is 6.20 Å². The molecule has 0 bridgehead atoms. The Morgan fingerprint density at radius 1 is 1.53 bits per heavy atom. The van der Waals surface area contributed by atoms with Crippen LogP contribution < -0.4 is 10.6 Å². The van der Waals surface area contributed by atoms with E-state index in [0.29, 0.717) is 12.6 Å². The molecule has 1 aliphatic rings. The number of hydrogen-bond acceptors (Lipinski definition) is 4. The van der Waals surface area contributed by atoms with Crippen LogP contribution in [0.25, 0.3) is 0 Å². The largest absolute Gasteiger partial charge is 0.444 e. The Morgan fingerprint density at radius 2 is 2.26 bits per heavy atom. The van der Waals surface area contributed by atoms with E-state index in [-0.39, 0.29) is 12.1 Å². The molecule has 2 atom stereocenters. The average molecular weight is 266 g/mol. The molecule has 1 aromatic rings. The summed E-state index contributed by atoms with van der Waals surface area (Å²) < 4.78 is 7.19. The fourth-order valence-corrected chi connectivity index (χ4v) is 1.83. The summed E-state index contributed by atoms with van der Waals surface area (Å²) in [5.74, 6) is 0.989. The summed E-state index contributed by atoms with van der Waals surface area (Å²) in [4.78, 5) is 15.8. The molecule has 0 aliphatic heterocycles. The zero-order chi connectivity index (χ0) is 14.0. The number of aryl methyl sites for hydroxylation is 1. The van der Waals surface area contributed by atoms with Crippen molar-refractivity contribution in [3.8, 4) is 0 Å². The van der Waals surface area contributed by atoms with E-state index in [0.717, 1.165) is 12.2 Å². The molecule has 2 unspecified atom stereocenters. The second-order valence-corrected chi connectivity index (χ2v) is 5.93. The number of carbonyl (C=O) groups is 1. The molecule has 1 aliphatic carbocycles. The average Bonchev–Trinajstić information content (AvgIpc) is 2.85. The maximum Gasteiger partial charge on any atom is 0.407 e. The fourth-order valence-electron chi connectivity index (χ4n) is 1.83. The van der Waals surface area contributed by atoms with Gasteiger partial charge in [-0.1, -0.05) is 0 Å². The monoisotopic (exact) mass is 266 g/mol. The van der Waals surface area contributed by atoms with Gasteiger partial charge in [-0.05, 0) is 27.2 Å². The minimum absolute atomic E-state index is 0.162. The molecule has 6 heteroatoms. The van der Waals surface area contributed by atoms with Crippen molar-refractivity contribution in [2.75, 3.05) is 0 Å². The molecule has 2 rings (SSSR count). The molecule has 2 N–H and O–H groups in total. The van der Waals surface area contributed by atoms with Crippen LogP contribution in [-0.4, -0.2) is 33.3 Å². The van der Waals surface area contributed by atoms with E-state index in [9.17, 15) is 4.79 Å². The van der Waals surface area contributed by atoms with E-state index in [2.05, 4.69) is 15.6 Å². The molecule has 1 fully saturated rings. The van der Waals surface area contributed by atoms with E-state index in [1.807, 2.05) is 38.6 Å². The highest BCUT2D eigenvalue weighted by molar-refractivity contribution is 5.68. The molecule has 0 aromatic carbocycles. The third-order valence-electron chi connectivity index (χ3n) is 2.94. The van der Waals surface area contributed by atoms with Gasteiger partial charge >= 0.3 is 6.09 Å². The Bertz CT molecular complexity index is 450.